The Balaban J connectivity index is 1.69. The molecule has 0 atom stereocenters. The van der Waals surface area contributed by atoms with E-state index < -0.39 is 0 Å². The molecule has 0 aliphatic rings. The van der Waals surface area contributed by atoms with E-state index in [2.05, 4.69) is 15.5 Å². The van der Waals surface area contributed by atoms with Gasteiger partial charge in [0.2, 0.25) is 0 Å². The van der Waals surface area contributed by atoms with Crippen LogP contribution in [0.4, 0.5) is 0 Å². The SMILES string of the molecule is CCOc1ccc(/C=N\NC(=O)c2cc3cc(OC)ccc3[nH]2)cc1OC. The van der Waals surface area contributed by atoms with Gasteiger partial charge in [0, 0.05) is 10.9 Å². The molecule has 0 bridgehead atoms. The lowest BCUT2D eigenvalue weighted by Gasteiger charge is -2.09. The number of hydrazone groups is 1. The van der Waals surface area contributed by atoms with Crippen molar-refractivity contribution in [3.63, 3.8) is 0 Å². The number of fused-ring (bicyclic) bond motifs is 1. The number of aromatic amines is 1. The topological polar surface area (TPSA) is 84.9 Å². The molecule has 0 fully saturated rings. The molecule has 0 aliphatic carbocycles. The minimum Gasteiger partial charge on any atom is -0.497 e. The highest BCUT2D eigenvalue weighted by atomic mass is 16.5. The first-order valence-electron chi connectivity index (χ1n) is 8.45. The molecule has 2 N–H and O–H groups in total. The molecule has 1 heterocycles. The van der Waals surface area contributed by atoms with E-state index in [1.165, 1.54) is 0 Å². The number of carbonyl (C=O) groups is 1. The third-order valence-electron chi connectivity index (χ3n) is 3.94. The zero-order valence-corrected chi connectivity index (χ0v) is 15.4. The Hall–Kier alpha value is -3.48. The Kier molecular flexibility index (Phi) is 5.61. The average Bonchev–Trinajstić information content (AvgIpc) is 3.12. The van der Waals surface area contributed by atoms with E-state index >= 15 is 0 Å². The molecule has 7 nitrogen and oxygen atoms in total. The number of nitrogens with zero attached hydrogens (tertiary/aromatic N) is 1. The van der Waals surface area contributed by atoms with Crippen molar-refractivity contribution in [3.8, 4) is 17.2 Å². The van der Waals surface area contributed by atoms with Crippen molar-refractivity contribution >= 4 is 23.0 Å². The normalized spacial score (nSPS) is 10.9. The predicted molar refractivity (Wildman–Crippen MR) is 104 cm³/mol. The third-order valence-corrected chi connectivity index (χ3v) is 3.94. The van der Waals surface area contributed by atoms with Gasteiger partial charge < -0.3 is 19.2 Å². The molecule has 3 rings (SSSR count). The molecule has 2 aromatic carbocycles. The van der Waals surface area contributed by atoms with Gasteiger partial charge in [-0.3, -0.25) is 4.79 Å². The number of carbonyl (C=O) groups excluding carboxylic acids is 1. The molecule has 0 saturated heterocycles. The van der Waals surface area contributed by atoms with Crippen LogP contribution in [0.2, 0.25) is 0 Å². The number of amides is 1. The smallest absolute Gasteiger partial charge is 0.287 e. The highest BCUT2D eigenvalue weighted by molar-refractivity contribution is 5.98. The van der Waals surface area contributed by atoms with Gasteiger partial charge in [-0.1, -0.05) is 0 Å². The lowest BCUT2D eigenvalue weighted by molar-refractivity contribution is 0.0951. The number of benzene rings is 2. The summed E-state index contributed by atoms with van der Waals surface area (Å²) in [6.45, 7) is 2.46. The molecule has 1 amide bonds. The molecule has 140 valence electrons. The second-order valence-electron chi connectivity index (χ2n) is 5.68. The zero-order chi connectivity index (χ0) is 19.2. The Morgan fingerprint density at radius 2 is 1.96 bits per heavy atom. The summed E-state index contributed by atoms with van der Waals surface area (Å²) in [5, 5.41) is 4.90. The van der Waals surface area contributed by atoms with Crippen LogP contribution in [0.25, 0.3) is 10.9 Å². The number of hydrogen-bond acceptors (Lipinski definition) is 5. The van der Waals surface area contributed by atoms with Crippen LogP contribution in [-0.4, -0.2) is 37.9 Å². The van der Waals surface area contributed by atoms with Gasteiger partial charge in [0.25, 0.3) is 5.91 Å². The molecular formula is C20H21N3O4. The van der Waals surface area contributed by atoms with Gasteiger partial charge in [-0.25, -0.2) is 5.43 Å². The predicted octanol–water partition coefficient (Wildman–Crippen LogP) is 3.35. The fourth-order valence-electron chi connectivity index (χ4n) is 2.62. The van der Waals surface area contributed by atoms with Gasteiger partial charge in [0.05, 0.1) is 27.0 Å². The van der Waals surface area contributed by atoms with Crippen molar-refractivity contribution < 1.29 is 19.0 Å². The van der Waals surface area contributed by atoms with E-state index in [0.717, 1.165) is 22.2 Å². The summed E-state index contributed by atoms with van der Waals surface area (Å²) < 4.78 is 16.0. The molecule has 3 aromatic rings. The van der Waals surface area contributed by atoms with E-state index in [1.807, 2.05) is 31.2 Å². The summed E-state index contributed by atoms with van der Waals surface area (Å²) in [6.07, 6.45) is 1.54. The molecule has 0 aliphatic heterocycles. The largest absolute Gasteiger partial charge is 0.497 e. The first-order chi connectivity index (χ1) is 13.1. The monoisotopic (exact) mass is 367 g/mol. The minimum atomic E-state index is -0.334. The second-order valence-corrected chi connectivity index (χ2v) is 5.68. The number of methoxy groups -OCH3 is 2. The van der Waals surface area contributed by atoms with Crippen molar-refractivity contribution in [1.29, 1.82) is 0 Å². The van der Waals surface area contributed by atoms with Crippen molar-refractivity contribution in [2.24, 2.45) is 5.10 Å². The van der Waals surface area contributed by atoms with E-state index in [4.69, 9.17) is 14.2 Å². The Labute approximate surface area is 156 Å². The number of H-pyrrole nitrogens is 1. The first kappa shape index (κ1) is 18.3. The molecule has 7 heteroatoms. The fraction of sp³-hybridized carbons (Fsp3) is 0.200. The summed E-state index contributed by atoms with van der Waals surface area (Å²) >= 11 is 0. The molecule has 0 saturated carbocycles. The van der Waals surface area contributed by atoms with Crippen LogP contribution < -0.4 is 19.6 Å². The molecule has 27 heavy (non-hydrogen) atoms. The fourth-order valence-corrected chi connectivity index (χ4v) is 2.62. The molecular weight excluding hydrogens is 346 g/mol. The standard InChI is InChI=1S/C20H21N3O4/c1-4-27-18-8-5-13(9-19(18)26-3)12-21-23-20(24)17-11-14-10-15(25-2)6-7-16(14)22-17/h5-12,22H,4H2,1-3H3,(H,23,24)/b21-12-. The van der Waals surface area contributed by atoms with Crippen molar-refractivity contribution in [2.45, 2.75) is 6.92 Å². The van der Waals surface area contributed by atoms with Crippen LogP contribution in [0.5, 0.6) is 17.2 Å². The van der Waals surface area contributed by atoms with E-state index in [0.29, 0.717) is 23.8 Å². The van der Waals surface area contributed by atoms with Crippen molar-refractivity contribution in [2.75, 3.05) is 20.8 Å². The van der Waals surface area contributed by atoms with Gasteiger partial charge in [-0.2, -0.15) is 5.10 Å². The van der Waals surface area contributed by atoms with Gasteiger partial charge >= 0.3 is 0 Å². The second kappa shape index (κ2) is 8.27. The summed E-state index contributed by atoms with van der Waals surface area (Å²) in [4.78, 5) is 15.3. The van der Waals surface area contributed by atoms with Gasteiger partial charge in [0.1, 0.15) is 11.4 Å². The van der Waals surface area contributed by atoms with E-state index in [1.54, 1.807) is 38.6 Å². The molecule has 0 spiro atoms. The van der Waals surface area contributed by atoms with Crippen LogP contribution in [0, 0.1) is 0 Å². The number of nitrogens with one attached hydrogen (secondary N) is 2. The maximum Gasteiger partial charge on any atom is 0.287 e. The van der Waals surface area contributed by atoms with E-state index in [-0.39, 0.29) is 5.91 Å². The highest BCUT2D eigenvalue weighted by Gasteiger charge is 2.09. The third kappa shape index (κ3) is 4.20. The lowest BCUT2D eigenvalue weighted by Crippen LogP contribution is -2.17. The van der Waals surface area contributed by atoms with Gasteiger partial charge in [-0.05, 0) is 55.0 Å². The lowest BCUT2D eigenvalue weighted by atomic mass is 10.2. The Bertz CT molecular complexity index is 979. The first-order valence-corrected chi connectivity index (χ1v) is 8.45. The summed E-state index contributed by atoms with van der Waals surface area (Å²) in [7, 11) is 3.18. The number of aromatic nitrogens is 1. The van der Waals surface area contributed by atoms with Crippen LogP contribution in [0.1, 0.15) is 23.0 Å². The maximum absolute atomic E-state index is 12.3. The van der Waals surface area contributed by atoms with Crippen LogP contribution >= 0.6 is 0 Å². The van der Waals surface area contributed by atoms with Crippen molar-refractivity contribution in [3.05, 3.63) is 53.7 Å². The van der Waals surface area contributed by atoms with Crippen LogP contribution in [-0.2, 0) is 0 Å². The molecule has 0 unspecified atom stereocenters. The average molecular weight is 367 g/mol. The van der Waals surface area contributed by atoms with Gasteiger partial charge in [0.15, 0.2) is 11.5 Å². The Morgan fingerprint density at radius 1 is 1.11 bits per heavy atom. The Morgan fingerprint density at radius 3 is 2.70 bits per heavy atom. The van der Waals surface area contributed by atoms with Crippen LogP contribution in [0.3, 0.4) is 0 Å². The van der Waals surface area contributed by atoms with Crippen LogP contribution in [0.15, 0.2) is 47.6 Å². The summed E-state index contributed by atoms with van der Waals surface area (Å²) in [5.41, 5.74) is 4.55. The number of hydrogen-bond donors (Lipinski definition) is 2. The van der Waals surface area contributed by atoms with E-state index in [9.17, 15) is 4.79 Å². The molecule has 0 radical (unpaired) electrons. The summed E-state index contributed by atoms with van der Waals surface area (Å²) in [5.74, 6) is 1.67. The molecule has 1 aromatic heterocycles. The quantitative estimate of drug-likeness (QED) is 0.495. The highest BCUT2D eigenvalue weighted by Crippen LogP contribution is 2.27. The number of rotatable bonds is 7. The van der Waals surface area contributed by atoms with Crippen molar-refractivity contribution in [1.82, 2.24) is 10.4 Å². The number of ether oxygens (including phenoxy) is 3. The maximum atomic E-state index is 12.3. The minimum absolute atomic E-state index is 0.334. The summed E-state index contributed by atoms with van der Waals surface area (Å²) in [6, 6.07) is 12.7. The van der Waals surface area contributed by atoms with Gasteiger partial charge in [-0.15, -0.1) is 0 Å². The zero-order valence-electron chi connectivity index (χ0n) is 15.4.